The Balaban J connectivity index is 0.000000671. The molecule has 0 bridgehead atoms. The molecule has 1 rings (SSSR count). The molecular formula is C9H21N3O. The maximum Gasteiger partial charge on any atom is 0.235 e. The van der Waals surface area contributed by atoms with E-state index in [0.717, 1.165) is 26.2 Å². The van der Waals surface area contributed by atoms with Gasteiger partial charge in [0.15, 0.2) is 0 Å². The number of amides is 1. The highest BCUT2D eigenvalue weighted by atomic mass is 16.1. The first-order valence-corrected chi connectivity index (χ1v) is 4.99. The van der Waals surface area contributed by atoms with E-state index in [2.05, 4.69) is 17.1 Å². The molecule has 78 valence electrons. The van der Waals surface area contributed by atoms with Gasteiger partial charge in [-0.15, -0.1) is 0 Å². The second-order valence-corrected chi connectivity index (χ2v) is 2.80. The average molecular weight is 187 g/mol. The zero-order valence-electron chi connectivity index (χ0n) is 8.84. The fourth-order valence-electron chi connectivity index (χ4n) is 1.29. The van der Waals surface area contributed by atoms with Gasteiger partial charge in [-0.05, 0) is 6.54 Å². The van der Waals surface area contributed by atoms with Gasteiger partial charge in [0.2, 0.25) is 5.91 Å². The number of hydrogen-bond donors (Lipinski definition) is 2. The normalized spacial score (nSPS) is 23.2. The number of primary amides is 1. The first-order valence-electron chi connectivity index (χ1n) is 4.99. The van der Waals surface area contributed by atoms with Crippen molar-refractivity contribution in [3.63, 3.8) is 0 Å². The Morgan fingerprint density at radius 3 is 2.69 bits per heavy atom. The van der Waals surface area contributed by atoms with Crippen LogP contribution in [0.3, 0.4) is 0 Å². The smallest absolute Gasteiger partial charge is 0.235 e. The van der Waals surface area contributed by atoms with Crippen LogP contribution < -0.4 is 11.1 Å². The highest BCUT2D eigenvalue weighted by molar-refractivity contribution is 5.80. The minimum absolute atomic E-state index is 0.149. The fraction of sp³-hybridized carbons (Fsp3) is 0.889. The van der Waals surface area contributed by atoms with Crippen LogP contribution in [0, 0.1) is 0 Å². The summed E-state index contributed by atoms with van der Waals surface area (Å²) in [7, 11) is 0. The third kappa shape index (κ3) is 4.24. The van der Waals surface area contributed by atoms with Crippen molar-refractivity contribution in [2.75, 3.05) is 26.2 Å². The molecule has 1 aliphatic rings. The van der Waals surface area contributed by atoms with Crippen LogP contribution in [-0.4, -0.2) is 43.0 Å². The Bertz CT molecular complexity index is 150. The van der Waals surface area contributed by atoms with Crippen molar-refractivity contribution >= 4 is 5.91 Å². The van der Waals surface area contributed by atoms with Crippen molar-refractivity contribution in [3.8, 4) is 0 Å². The summed E-state index contributed by atoms with van der Waals surface area (Å²) in [5.41, 5.74) is 5.16. The van der Waals surface area contributed by atoms with Crippen molar-refractivity contribution in [2.24, 2.45) is 5.73 Å². The second kappa shape index (κ2) is 6.86. The van der Waals surface area contributed by atoms with E-state index in [4.69, 9.17) is 5.73 Å². The number of nitrogens with zero attached hydrogens (tertiary/aromatic N) is 1. The molecule has 0 spiro atoms. The number of nitrogens with two attached hydrogens (primary N) is 1. The van der Waals surface area contributed by atoms with Crippen molar-refractivity contribution in [1.29, 1.82) is 0 Å². The van der Waals surface area contributed by atoms with Gasteiger partial charge < -0.3 is 16.0 Å². The zero-order chi connectivity index (χ0) is 10.3. The lowest BCUT2D eigenvalue weighted by atomic mass is 10.2. The summed E-state index contributed by atoms with van der Waals surface area (Å²) < 4.78 is 0. The molecule has 1 aliphatic heterocycles. The Morgan fingerprint density at radius 2 is 2.23 bits per heavy atom. The van der Waals surface area contributed by atoms with Crippen molar-refractivity contribution in [3.05, 3.63) is 0 Å². The standard InChI is InChI=1S/C7H15N3O.C2H6/c1-2-10-4-3-9-6(5-10)7(8)11;1-2/h6,9H,2-5H2,1H3,(H2,8,11);1-2H3. The van der Waals surface area contributed by atoms with Crippen LogP contribution in [-0.2, 0) is 4.79 Å². The van der Waals surface area contributed by atoms with E-state index in [9.17, 15) is 4.79 Å². The van der Waals surface area contributed by atoms with Crippen LogP contribution in [0.2, 0.25) is 0 Å². The third-order valence-electron chi connectivity index (χ3n) is 2.05. The van der Waals surface area contributed by atoms with Gasteiger partial charge in [-0.3, -0.25) is 4.79 Å². The fourth-order valence-corrected chi connectivity index (χ4v) is 1.29. The summed E-state index contributed by atoms with van der Waals surface area (Å²) in [6, 6.07) is -0.149. The monoisotopic (exact) mass is 187 g/mol. The van der Waals surface area contributed by atoms with E-state index in [0.29, 0.717) is 0 Å². The number of piperazine rings is 1. The first-order chi connectivity index (χ1) is 6.24. The van der Waals surface area contributed by atoms with Gasteiger partial charge in [0.05, 0.1) is 6.04 Å². The molecule has 0 aromatic carbocycles. The van der Waals surface area contributed by atoms with E-state index < -0.39 is 0 Å². The van der Waals surface area contributed by atoms with E-state index in [1.807, 2.05) is 13.8 Å². The Kier molecular flexibility index (Phi) is 6.54. The lowest BCUT2D eigenvalue weighted by Gasteiger charge is -2.30. The Morgan fingerprint density at radius 1 is 1.62 bits per heavy atom. The summed E-state index contributed by atoms with van der Waals surface area (Å²) in [6.45, 7) is 9.71. The lowest BCUT2D eigenvalue weighted by Crippen LogP contribution is -2.55. The van der Waals surface area contributed by atoms with Crippen LogP contribution in [0.4, 0.5) is 0 Å². The average Bonchev–Trinajstić information content (AvgIpc) is 2.21. The molecule has 4 nitrogen and oxygen atoms in total. The van der Waals surface area contributed by atoms with Gasteiger partial charge in [0.25, 0.3) is 0 Å². The number of carbonyl (C=O) groups is 1. The van der Waals surface area contributed by atoms with Crippen molar-refractivity contribution in [2.45, 2.75) is 26.8 Å². The predicted octanol–water partition coefficient (Wildman–Crippen LogP) is -0.208. The molecule has 1 atom stereocenters. The maximum atomic E-state index is 10.7. The van der Waals surface area contributed by atoms with Crippen molar-refractivity contribution in [1.82, 2.24) is 10.2 Å². The number of rotatable bonds is 2. The predicted molar refractivity (Wildman–Crippen MR) is 54.4 cm³/mol. The Hall–Kier alpha value is -0.610. The molecule has 1 fully saturated rings. The summed E-state index contributed by atoms with van der Waals surface area (Å²) in [5, 5.41) is 3.07. The highest BCUT2D eigenvalue weighted by Gasteiger charge is 2.21. The molecular weight excluding hydrogens is 166 g/mol. The molecule has 0 aromatic rings. The molecule has 1 unspecified atom stereocenters. The number of carbonyl (C=O) groups excluding carboxylic acids is 1. The van der Waals surface area contributed by atoms with Gasteiger partial charge in [-0.2, -0.15) is 0 Å². The van der Waals surface area contributed by atoms with Crippen LogP contribution in [0.1, 0.15) is 20.8 Å². The lowest BCUT2D eigenvalue weighted by molar-refractivity contribution is -0.121. The molecule has 0 saturated carbocycles. The minimum atomic E-state index is -0.247. The summed E-state index contributed by atoms with van der Waals surface area (Å²) in [6.07, 6.45) is 0. The van der Waals surface area contributed by atoms with E-state index in [1.165, 1.54) is 0 Å². The zero-order valence-corrected chi connectivity index (χ0v) is 8.84. The van der Waals surface area contributed by atoms with Gasteiger partial charge in [-0.25, -0.2) is 0 Å². The molecule has 0 aromatic heterocycles. The molecule has 1 saturated heterocycles. The number of hydrogen-bond acceptors (Lipinski definition) is 3. The highest BCUT2D eigenvalue weighted by Crippen LogP contribution is 1.96. The third-order valence-corrected chi connectivity index (χ3v) is 2.05. The molecule has 0 aliphatic carbocycles. The minimum Gasteiger partial charge on any atom is -0.368 e. The van der Waals surface area contributed by atoms with Gasteiger partial charge in [0.1, 0.15) is 0 Å². The molecule has 1 heterocycles. The summed E-state index contributed by atoms with van der Waals surface area (Å²) >= 11 is 0. The molecule has 3 N–H and O–H groups in total. The second-order valence-electron chi connectivity index (χ2n) is 2.80. The molecule has 0 radical (unpaired) electrons. The van der Waals surface area contributed by atoms with E-state index in [-0.39, 0.29) is 11.9 Å². The van der Waals surface area contributed by atoms with Crippen molar-refractivity contribution < 1.29 is 4.79 Å². The molecule has 4 heteroatoms. The van der Waals surface area contributed by atoms with Crippen LogP contribution in [0.5, 0.6) is 0 Å². The first kappa shape index (κ1) is 12.4. The van der Waals surface area contributed by atoms with E-state index in [1.54, 1.807) is 0 Å². The maximum absolute atomic E-state index is 10.7. The van der Waals surface area contributed by atoms with Crippen LogP contribution in [0.25, 0.3) is 0 Å². The number of likely N-dealkylation sites (N-methyl/N-ethyl adjacent to an activating group) is 1. The topological polar surface area (TPSA) is 58.4 Å². The molecule has 1 amide bonds. The SMILES string of the molecule is CC.CCN1CCNC(C(N)=O)C1. The molecule has 13 heavy (non-hydrogen) atoms. The summed E-state index contributed by atoms with van der Waals surface area (Å²) in [5.74, 6) is -0.247. The van der Waals surface area contributed by atoms with Gasteiger partial charge in [0, 0.05) is 19.6 Å². The summed E-state index contributed by atoms with van der Waals surface area (Å²) in [4.78, 5) is 13.0. The van der Waals surface area contributed by atoms with Crippen LogP contribution in [0.15, 0.2) is 0 Å². The largest absolute Gasteiger partial charge is 0.368 e. The van der Waals surface area contributed by atoms with Crippen LogP contribution >= 0.6 is 0 Å². The van der Waals surface area contributed by atoms with Gasteiger partial charge >= 0.3 is 0 Å². The Labute approximate surface area is 80.5 Å². The van der Waals surface area contributed by atoms with E-state index >= 15 is 0 Å². The quantitative estimate of drug-likeness (QED) is 0.629. The number of nitrogens with one attached hydrogen (secondary N) is 1. The van der Waals surface area contributed by atoms with Gasteiger partial charge in [-0.1, -0.05) is 20.8 Å².